The maximum Gasteiger partial charge on any atom is -1.00 e. The molecule has 5 aliphatic rings. The van der Waals surface area contributed by atoms with E-state index in [1.807, 2.05) is 12.2 Å². The minimum absolute atomic E-state index is 0. The van der Waals surface area contributed by atoms with Crippen molar-refractivity contribution in [2.45, 2.75) is 91.2 Å². The Labute approximate surface area is 335 Å². The third kappa shape index (κ3) is 6.62. The van der Waals surface area contributed by atoms with E-state index in [1.165, 1.54) is 72.2 Å². The Morgan fingerprint density at radius 3 is 1.85 bits per heavy atom. The minimum atomic E-state index is -4.59. The molecule has 286 valence electrons. The van der Waals surface area contributed by atoms with Crippen LogP contribution in [0.4, 0.5) is 26.3 Å². The predicted octanol–water partition coefficient (Wildman–Crippen LogP) is 7.15. The standard InChI is InChI=1S/C25H33.C15H8F6.C5H5.2ClH.Zr/c1-15-13-21-19-11-7-8-12-20(19)24-18-10-6-5-9-17(18)14-22(24)23(21)16(2)25(15,3)4;16-14(17,18)12-5-1-3-10(8-12)7-11-4-2-6-13(9-11)15(19,20)21;1-2-4-5-3-1;;;/h5-6,9-10,15,19-21,24H,7-8,11-14H2,1-4H3;1-6,8-9H;1-5H;2*1H;/q;;;;;+2/p-2. The molecule has 9 heteroatoms. The number of alkyl halides is 6. The second-order valence-corrected chi connectivity index (χ2v) is 24.1. The number of halogens is 8. The summed E-state index contributed by atoms with van der Waals surface area (Å²) in [6.07, 6.45) is 6.04. The van der Waals surface area contributed by atoms with Gasteiger partial charge in [-0.2, -0.15) is 0 Å². The maximum absolute atomic E-state index is 14.4. The average Bonchev–Trinajstić information content (AvgIpc) is 3.78. The molecule has 0 nitrogen and oxygen atoms in total. The van der Waals surface area contributed by atoms with Gasteiger partial charge in [0.05, 0.1) is 0 Å². The molecule has 54 heavy (non-hydrogen) atoms. The van der Waals surface area contributed by atoms with Crippen LogP contribution in [0.5, 0.6) is 0 Å². The van der Waals surface area contributed by atoms with E-state index >= 15 is 0 Å². The van der Waals surface area contributed by atoms with Gasteiger partial charge in [-0.25, -0.2) is 0 Å². The molecule has 0 bridgehead atoms. The third-order valence-electron chi connectivity index (χ3n) is 14.2. The molecule has 5 aliphatic carbocycles. The van der Waals surface area contributed by atoms with Gasteiger partial charge >= 0.3 is 313 Å². The van der Waals surface area contributed by atoms with Gasteiger partial charge < -0.3 is 24.8 Å². The summed E-state index contributed by atoms with van der Waals surface area (Å²) in [7, 11) is 0. The molecule has 2 saturated carbocycles. The van der Waals surface area contributed by atoms with E-state index in [1.54, 1.807) is 12.1 Å². The molecule has 8 rings (SSSR count). The Balaban J connectivity index is 0.00000249. The van der Waals surface area contributed by atoms with Crippen molar-refractivity contribution in [1.82, 2.24) is 0 Å². The van der Waals surface area contributed by atoms with E-state index in [0.29, 0.717) is 40.7 Å². The fraction of sp³-hybridized carbons (Fsp3) is 0.444. The van der Waals surface area contributed by atoms with Gasteiger partial charge in [0, 0.05) is 0 Å². The first-order valence-corrected chi connectivity index (χ1v) is 22.8. The summed E-state index contributed by atoms with van der Waals surface area (Å²) < 4.78 is 86.9. The van der Waals surface area contributed by atoms with Crippen LogP contribution in [0, 0.1) is 29.1 Å². The number of rotatable bonds is 4. The van der Waals surface area contributed by atoms with Crippen LogP contribution in [0.3, 0.4) is 0 Å². The first-order chi connectivity index (χ1) is 24.6. The van der Waals surface area contributed by atoms with E-state index in [4.69, 9.17) is 0 Å². The number of allylic oxidation sites excluding steroid dienone is 6. The zero-order valence-electron chi connectivity index (χ0n) is 31.0. The first kappa shape index (κ1) is 41.4. The van der Waals surface area contributed by atoms with Crippen molar-refractivity contribution in [2.75, 3.05) is 0 Å². The van der Waals surface area contributed by atoms with Crippen LogP contribution in [0.1, 0.15) is 99.1 Å². The van der Waals surface area contributed by atoms with Crippen molar-refractivity contribution in [3.8, 4) is 0 Å². The zero-order chi connectivity index (χ0) is 36.8. The molecule has 6 atom stereocenters. The summed E-state index contributed by atoms with van der Waals surface area (Å²) in [6.45, 7) is 9.52. The quantitative estimate of drug-likeness (QED) is 0.193. The number of fused-ring (bicyclic) bond motifs is 7. The summed E-state index contributed by atoms with van der Waals surface area (Å²) in [5.74, 6) is 2.07. The van der Waals surface area contributed by atoms with Gasteiger partial charge in [-0.05, 0) is 0 Å². The summed E-state index contributed by atoms with van der Waals surface area (Å²) in [6, 6.07) is 19.8. The van der Waals surface area contributed by atoms with Crippen molar-refractivity contribution in [2.24, 2.45) is 29.1 Å². The molecule has 0 saturated heterocycles. The molecule has 3 aromatic rings. The second-order valence-electron chi connectivity index (χ2n) is 16.7. The Morgan fingerprint density at radius 1 is 0.722 bits per heavy atom. The smallest absolute Gasteiger partial charge is 1.00 e. The molecule has 2 fully saturated rings. The summed E-state index contributed by atoms with van der Waals surface area (Å²) in [5, 5.41) is 0. The molecule has 0 heterocycles. The fourth-order valence-electron chi connectivity index (χ4n) is 11.4. The van der Waals surface area contributed by atoms with Gasteiger partial charge in [0.15, 0.2) is 0 Å². The zero-order valence-corrected chi connectivity index (χ0v) is 34.9. The third-order valence-corrected chi connectivity index (χ3v) is 24.4. The van der Waals surface area contributed by atoms with Gasteiger partial charge in [0.2, 0.25) is 0 Å². The Kier molecular flexibility index (Phi) is 11.5. The Hall–Kier alpha value is -2.21. The average molecular weight is 863 g/mol. The fourth-order valence-corrected chi connectivity index (χ4v) is 22.7. The molecule has 0 radical (unpaired) electrons. The van der Waals surface area contributed by atoms with Gasteiger partial charge in [0.1, 0.15) is 0 Å². The summed E-state index contributed by atoms with van der Waals surface area (Å²) in [4.78, 5) is 0. The van der Waals surface area contributed by atoms with Crippen molar-refractivity contribution in [3.05, 3.63) is 142 Å². The Bertz CT molecular complexity index is 1970. The van der Waals surface area contributed by atoms with Gasteiger partial charge in [-0.1, -0.05) is 0 Å². The molecular formula is C45H46Cl2F6Zr. The van der Waals surface area contributed by atoms with Crippen LogP contribution in [0.2, 0.25) is 6.75 Å². The number of hydrogen-bond acceptors (Lipinski definition) is 0. The first-order valence-electron chi connectivity index (χ1n) is 18.9. The largest absolute Gasteiger partial charge is 1.00 e. The van der Waals surface area contributed by atoms with Gasteiger partial charge in [0.25, 0.3) is 0 Å². The normalized spacial score (nSPS) is 28.1. The maximum atomic E-state index is 14.4. The predicted molar refractivity (Wildman–Crippen MR) is 193 cm³/mol. The van der Waals surface area contributed by atoms with Crippen molar-refractivity contribution < 1.29 is 72.4 Å². The summed E-state index contributed by atoms with van der Waals surface area (Å²) >= 11 is -3.64. The van der Waals surface area contributed by atoms with Crippen molar-refractivity contribution in [3.63, 3.8) is 0 Å². The topological polar surface area (TPSA) is 0 Å². The van der Waals surface area contributed by atoms with E-state index in [9.17, 15) is 26.3 Å². The second kappa shape index (κ2) is 14.9. The monoisotopic (exact) mass is 860 g/mol. The molecule has 0 N–H and O–H groups in total. The summed E-state index contributed by atoms with van der Waals surface area (Å²) in [5.41, 5.74) is 4.86. The van der Waals surface area contributed by atoms with Crippen molar-refractivity contribution >= 4 is 3.21 Å². The van der Waals surface area contributed by atoms with E-state index in [-0.39, 0.29) is 33.9 Å². The Morgan fingerprint density at radius 2 is 1.28 bits per heavy atom. The molecule has 0 spiro atoms. The van der Waals surface area contributed by atoms with Crippen LogP contribution < -0.4 is 24.8 Å². The molecule has 0 aromatic heterocycles. The van der Waals surface area contributed by atoms with Crippen LogP contribution in [0.25, 0.3) is 0 Å². The molecule has 3 aromatic carbocycles. The van der Waals surface area contributed by atoms with E-state index in [2.05, 4.69) is 64.1 Å². The number of hydrogen-bond donors (Lipinski definition) is 0. The van der Waals surface area contributed by atoms with Crippen LogP contribution in [-0.2, 0) is 40.0 Å². The van der Waals surface area contributed by atoms with Crippen molar-refractivity contribution in [1.29, 1.82) is 0 Å². The molecular weight excluding hydrogens is 817 g/mol. The number of benzene rings is 3. The van der Waals surface area contributed by atoms with Crippen LogP contribution in [0.15, 0.2) is 108 Å². The molecule has 0 aliphatic heterocycles. The molecule has 0 amide bonds. The van der Waals surface area contributed by atoms with E-state index in [0.717, 1.165) is 28.2 Å². The van der Waals surface area contributed by atoms with Crippen LogP contribution in [-0.4, -0.2) is 3.21 Å². The van der Waals surface area contributed by atoms with E-state index < -0.39 is 47.9 Å². The van der Waals surface area contributed by atoms with Gasteiger partial charge in [-0.15, -0.1) is 0 Å². The molecule has 6 unspecified atom stereocenters. The minimum Gasteiger partial charge on any atom is -1.00 e. The van der Waals surface area contributed by atoms with Crippen LogP contribution >= 0.6 is 0 Å². The van der Waals surface area contributed by atoms with Gasteiger partial charge in [-0.3, -0.25) is 0 Å². The SMILES string of the molecule is CC1CC2C(=C3Cc4ccccc4C3C3CCCCC23)[C](C)([Zr+2](=[C](c2cccc(C(F)(F)F)c2)c2cccc(C(F)(F)F)c2)[CH]2C=CC=C2)C1(C)C.[Cl-].[Cl-].